The van der Waals surface area contributed by atoms with Gasteiger partial charge in [-0.2, -0.15) is 0 Å². The highest BCUT2D eigenvalue weighted by molar-refractivity contribution is 6.18. The van der Waals surface area contributed by atoms with Crippen LogP contribution in [0.3, 0.4) is 0 Å². The largest absolute Gasteiger partial charge is 0.257 e. The molecule has 1 radical (unpaired) electrons. The summed E-state index contributed by atoms with van der Waals surface area (Å²) in [7, 11) is 0. The molecular formula is C6H9N2. The molecule has 1 aliphatic heterocycles. The van der Waals surface area contributed by atoms with Crippen LogP contribution in [0.5, 0.6) is 0 Å². The minimum absolute atomic E-state index is 0.463. The third-order valence-electron chi connectivity index (χ3n) is 0.997. The van der Waals surface area contributed by atoms with Crippen molar-refractivity contribution in [2.75, 3.05) is 0 Å². The van der Waals surface area contributed by atoms with Crippen molar-refractivity contribution in [3.8, 4) is 0 Å². The summed E-state index contributed by atoms with van der Waals surface area (Å²) in [5, 5.41) is 0. The second kappa shape index (κ2) is 2.07. The molecule has 1 rings (SSSR count). The van der Waals surface area contributed by atoms with Gasteiger partial charge in [0.2, 0.25) is 0 Å². The maximum absolute atomic E-state index is 4.00. The molecule has 43 valence electrons. The maximum atomic E-state index is 4.00. The number of nitrogens with zero attached hydrogens (tertiary/aromatic N) is 2. The van der Waals surface area contributed by atoms with E-state index in [1.165, 1.54) is 0 Å². The SMILES string of the molecule is CC(C)[C]1N=CC=N1. The molecule has 2 nitrogen and oxygen atoms in total. The second-order valence-corrected chi connectivity index (χ2v) is 2.07. The van der Waals surface area contributed by atoms with Gasteiger partial charge in [-0.3, -0.25) is 9.98 Å². The van der Waals surface area contributed by atoms with Crippen LogP contribution < -0.4 is 0 Å². The summed E-state index contributed by atoms with van der Waals surface area (Å²) in [6.07, 6.45) is 4.37. The van der Waals surface area contributed by atoms with Crippen LogP contribution in [0.1, 0.15) is 13.8 Å². The summed E-state index contributed by atoms with van der Waals surface area (Å²) in [5.41, 5.74) is 0. The third-order valence-corrected chi connectivity index (χ3v) is 0.997. The van der Waals surface area contributed by atoms with E-state index in [9.17, 15) is 0 Å². The first-order chi connectivity index (χ1) is 3.80. The van der Waals surface area contributed by atoms with Gasteiger partial charge in [0.1, 0.15) is 0 Å². The average Bonchev–Trinajstić information content (AvgIpc) is 2.12. The predicted molar refractivity (Wildman–Crippen MR) is 35.1 cm³/mol. The van der Waals surface area contributed by atoms with Gasteiger partial charge in [-0.25, -0.2) is 0 Å². The minimum atomic E-state index is 0.463. The molecule has 0 fully saturated rings. The van der Waals surface area contributed by atoms with Crippen LogP contribution in [0.15, 0.2) is 9.98 Å². The Labute approximate surface area is 49.3 Å². The van der Waals surface area contributed by atoms with Crippen LogP contribution in [0.4, 0.5) is 0 Å². The maximum Gasteiger partial charge on any atom is 0.197 e. The van der Waals surface area contributed by atoms with E-state index in [1.54, 1.807) is 12.4 Å². The molecule has 0 aromatic carbocycles. The molecular weight excluding hydrogens is 100 g/mol. The van der Waals surface area contributed by atoms with Crippen LogP contribution in [-0.2, 0) is 0 Å². The van der Waals surface area contributed by atoms with E-state index in [2.05, 4.69) is 23.8 Å². The molecule has 0 saturated heterocycles. The van der Waals surface area contributed by atoms with Gasteiger partial charge < -0.3 is 0 Å². The quantitative estimate of drug-likeness (QED) is 0.484. The fourth-order valence-electron chi connectivity index (χ4n) is 0.551. The first-order valence-corrected chi connectivity index (χ1v) is 2.74. The van der Waals surface area contributed by atoms with Gasteiger partial charge in [-0.05, 0) is 0 Å². The summed E-state index contributed by atoms with van der Waals surface area (Å²) >= 11 is 0. The third kappa shape index (κ3) is 0.941. The number of hydrogen-bond acceptors (Lipinski definition) is 2. The van der Waals surface area contributed by atoms with Gasteiger partial charge in [-0.15, -0.1) is 0 Å². The van der Waals surface area contributed by atoms with Gasteiger partial charge in [0.05, 0.1) is 0 Å². The molecule has 0 aromatic heterocycles. The average molecular weight is 109 g/mol. The first kappa shape index (κ1) is 5.48. The summed E-state index contributed by atoms with van der Waals surface area (Å²) in [6, 6.07) is 0. The van der Waals surface area contributed by atoms with E-state index < -0.39 is 0 Å². The predicted octanol–water partition coefficient (Wildman–Crippen LogP) is 1.29. The zero-order valence-corrected chi connectivity index (χ0v) is 5.13. The van der Waals surface area contributed by atoms with Crippen molar-refractivity contribution in [1.82, 2.24) is 0 Å². The van der Waals surface area contributed by atoms with Crippen LogP contribution in [0, 0.1) is 12.1 Å². The van der Waals surface area contributed by atoms with Crippen LogP contribution in [0.25, 0.3) is 0 Å². The van der Waals surface area contributed by atoms with E-state index in [4.69, 9.17) is 0 Å². The van der Waals surface area contributed by atoms with Crippen molar-refractivity contribution in [2.45, 2.75) is 13.8 Å². The van der Waals surface area contributed by atoms with Crippen molar-refractivity contribution >= 4 is 12.4 Å². The second-order valence-electron chi connectivity index (χ2n) is 2.07. The number of aliphatic imine (C=N–C) groups is 2. The van der Waals surface area contributed by atoms with Crippen molar-refractivity contribution in [3.05, 3.63) is 6.17 Å². The lowest BCUT2D eigenvalue weighted by atomic mass is 10.2. The molecule has 0 spiro atoms. The molecule has 0 bridgehead atoms. The van der Waals surface area contributed by atoms with Gasteiger partial charge in [0.25, 0.3) is 0 Å². The Bertz CT molecular complexity index is 112. The monoisotopic (exact) mass is 109 g/mol. The zero-order chi connectivity index (χ0) is 5.98. The highest BCUT2D eigenvalue weighted by Crippen LogP contribution is 2.17. The first-order valence-electron chi connectivity index (χ1n) is 2.74. The van der Waals surface area contributed by atoms with Gasteiger partial charge >= 0.3 is 0 Å². The number of hydrogen-bond donors (Lipinski definition) is 0. The standard InChI is InChI=1S/C6H9N2/c1-5(2)6-7-3-4-8-6/h3-5H,1-2H3. The molecule has 0 amide bonds. The van der Waals surface area contributed by atoms with E-state index in [-0.39, 0.29) is 0 Å². The van der Waals surface area contributed by atoms with Crippen LogP contribution in [-0.4, -0.2) is 12.4 Å². The normalized spacial score (nSPS) is 18.9. The van der Waals surface area contributed by atoms with Crippen LogP contribution in [0.2, 0.25) is 0 Å². The van der Waals surface area contributed by atoms with E-state index in [0.717, 1.165) is 6.17 Å². The molecule has 0 unspecified atom stereocenters. The smallest absolute Gasteiger partial charge is 0.197 e. The highest BCUT2D eigenvalue weighted by Gasteiger charge is 2.11. The van der Waals surface area contributed by atoms with E-state index in [0.29, 0.717) is 5.92 Å². The molecule has 0 atom stereocenters. The molecule has 2 heteroatoms. The molecule has 8 heavy (non-hydrogen) atoms. The Hall–Kier alpha value is -0.660. The summed E-state index contributed by atoms with van der Waals surface area (Å²) in [6.45, 7) is 4.16. The fraction of sp³-hybridized carbons (Fsp3) is 0.500. The molecule has 1 heterocycles. The van der Waals surface area contributed by atoms with E-state index >= 15 is 0 Å². The van der Waals surface area contributed by atoms with Crippen molar-refractivity contribution in [1.29, 1.82) is 0 Å². The summed E-state index contributed by atoms with van der Waals surface area (Å²) < 4.78 is 0. The lowest BCUT2D eigenvalue weighted by Gasteiger charge is -2.03. The summed E-state index contributed by atoms with van der Waals surface area (Å²) in [4.78, 5) is 8.01. The Morgan fingerprint density at radius 1 is 1.25 bits per heavy atom. The Kier molecular flexibility index (Phi) is 1.42. The van der Waals surface area contributed by atoms with Gasteiger partial charge in [0.15, 0.2) is 6.17 Å². The van der Waals surface area contributed by atoms with Gasteiger partial charge in [-0.1, -0.05) is 13.8 Å². The Morgan fingerprint density at radius 2 is 1.75 bits per heavy atom. The molecule has 0 saturated carbocycles. The fourth-order valence-corrected chi connectivity index (χ4v) is 0.551. The molecule has 0 N–H and O–H groups in total. The molecule has 0 aromatic rings. The Balaban J connectivity index is 2.49. The lowest BCUT2D eigenvalue weighted by Crippen LogP contribution is -1.95. The highest BCUT2D eigenvalue weighted by atomic mass is 15.0. The van der Waals surface area contributed by atoms with Crippen molar-refractivity contribution in [2.24, 2.45) is 15.9 Å². The minimum Gasteiger partial charge on any atom is -0.257 e. The van der Waals surface area contributed by atoms with Crippen molar-refractivity contribution in [3.63, 3.8) is 0 Å². The summed E-state index contributed by atoms with van der Waals surface area (Å²) in [5.74, 6) is 0.463. The zero-order valence-electron chi connectivity index (χ0n) is 5.13. The molecule has 0 aliphatic carbocycles. The van der Waals surface area contributed by atoms with E-state index in [1.807, 2.05) is 0 Å². The Morgan fingerprint density at radius 3 is 2.00 bits per heavy atom. The topological polar surface area (TPSA) is 24.7 Å². The number of rotatable bonds is 1. The van der Waals surface area contributed by atoms with Gasteiger partial charge in [0, 0.05) is 18.3 Å². The van der Waals surface area contributed by atoms with Crippen molar-refractivity contribution < 1.29 is 0 Å². The van der Waals surface area contributed by atoms with Crippen LogP contribution >= 0.6 is 0 Å². The lowest BCUT2D eigenvalue weighted by molar-refractivity contribution is 0.648. The molecule has 1 aliphatic rings.